The summed E-state index contributed by atoms with van der Waals surface area (Å²) < 4.78 is 26.0. The standard InChI is InChI=1S/C14H15F2NO3/c1-8(2)3-4-12(14(19)20)17-13(18)9-5-10(15)7-11(16)6-9/h3,5-7,12H,4H2,1-2H3,(H,17,18)(H,19,20)/t12-/m0/s1. The first kappa shape index (κ1) is 15.8. The SMILES string of the molecule is CC(C)=CC[C@H](NC(=O)c1cc(F)cc(F)c1)C(=O)O. The van der Waals surface area contributed by atoms with Gasteiger partial charge in [0.15, 0.2) is 0 Å². The molecular weight excluding hydrogens is 268 g/mol. The largest absolute Gasteiger partial charge is 0.480 e. The van der Waals surface area contributed by atoms with Crippen LogP contribution in [0.4, 0.5) is 8.78 Å². The second-order valence-corrected chi connectivity index (χ2v) is 4.54. The molecule has 108 valence electrons. The average molecular weight is 283 g/mol. The smallest absolute Gasteiger partial charge is 0.326 e. The summed E-state index contributed by atoms with van der Waals surface area (Å²) in [7, 11) is 0. The summed E-state index contributed by atoms with van der Waals surface area (Å²) in [4.78, 5) is 22.8. The van der Waals surface area contributed by atoms with Crippen LogP contribution in [0.2, 0.25) is 0 Å². The Balaban J connectivity index is 2.85. The van der Waals surface area contributed by atoms with Crippen molar-refractivity contribution in [3.8, 4) is 0 Å². The number of carbonyl (C=O) groups is 2. The number of aliphatic carboxylic acids is 1. The van der Waals surface area contributed by atoms with Gasteiger partial charge >= 0.3 is 5.97 Å². The van der Waals surface area contributed by atoms with E-state index in [1.54, 1.807) is 19.9 Å². The number of allylic oxidation sites excluding steroid dienone is 1. The predicted molar refractivity (Wildman–Crippen MR) is 69.3 cm³/mol. The fourth-order valence-electron chi connectivity index (χ4n) is 1.50. The van der Waals surface area contributed by atoms with Crippen molar-refractivity contribution in [3.63, 3.8) is 0 Å². The van der Waals surface area contributed by atoms with Gasteiger partial charge in [0.05, 0.1) is 0 Å². The van der Waals surface area contributed by atoms with Crippen molar-refractivity contribution in [1.29, 1.82) is 0 Å². The van der Waals surface area contributed by atoms with Gasteiger partial charge in [-0.25, -0.2) is 13.6 Å². The van der Waals surface area contributed by atoms with Crippen molar-refractivity contribution < 1.29 is 23.5 Å². The van der Waals surface area contributed by atoms with Gasteiger partial charge in [-0.3, -0.25) is 4.79 Å². The summed E-state index contributed by atoms with van der Waals surface area (Å²) in [5.74, 6) is -3.84. The van der Waals surface area contributed by atoms with E-state index < -0.39 is 29.6 Å². The Bertz CT molecular complexity index is 531. The Morgan fingerprint density at radius 3 is 2.25 bits per heavy atom. The number of rotatable bonds is 5. The van der Waals surface area contributed by atoms with E-state index in [1.165, 1.54) is 0 Å². The van der Waals surface area contributed by atoms with E-state index in [-0.39, 0.29) is 12.0 Å². The fourth-order valence-corrected chi connectivity index (χ4v) is 1.50. The number of amides is 1. The quantitative estimate of drug-likeness (QED) is 0.816. The van der Waals surface area contributed by atoms with Gasteiger partial charge in [-0.05, 0) is 32.4 Å². The summed E-state index contributed by atoms with van der Waals surface area (Å²) >= 11 is 0. The first-order valence-corrected chi connectivity index (χ1v) is 5.92. The molecule has 0 unspecified atom stereocenters. The zero-order valence-electron chi connectivity index (χ0n) is 11.1. The molecule has 2 N–H and O–H groups in total. The minimum atomic E-state index is -1.22. The Kier molecular flexibility index (Phi) is 5.37. The highest BCUT2D eigenvalue weighted by Gasteiger charge is 2.20. The molecular formula is C14H15F2NO3. The first-order chi connectivity index (χ1) is 9.29. The highest BCUT2D eigenvalue weighted by Crippen LogP contribution is 2.09. The molecule has 1 rings (SSSR count). The summed E-state index contributed by atoms with van der Waals surface area (Å²) in [6.45, 7) is 3.59. The molecule has 1 atom stereocenters. The molecule has 0 saturated heterocycles. The molecule has 0 saturated carbocycles. The molecule has 1 amide bonds. The number of halogens is 2. The van der Waals surface area contributed by atoms with E-state index in [4.69, 9.17) is 5.11 Å². The van der Waals surface area contributed by atoms with Crippen molar-refractivity contribution in [2.24, 2.45) is 0 Å². The number of nitrogens with one attached hydrogen (secondary N) is 1. The van der Waals surface area contributed by atoms with Gasteiger partial charge in [0, 0.05) is 11.6 Å². The molecule has 20 heavy (non-hydrogen) atoms. The monoisotopic (exact) mass is 283 g/mol. The lowest BCUT2D eigenvalue weighted by Crippen LogP contribution is -2.40. The van der Waals surface area contributed by atoms with Gasteiger partial charge in [0.2, 0.25) is 0 Å². The summed E-state index contributed by atoms with van der Waals surface area (Å²) in [6.07, 6.45) is 1.76. The molecule has 6 heteroatoms. The normalized spacial score (nSPS) is 11.6. The van der Waals surface area contributed by atoms with Crippen molar-refractivity contribution in [3.05, 3.63) is 47.0 Å². The van der Waals surface area contributed by atoms with Crippen LogP contribution in [-0.4, -0.2) is 23.0 Å². The second-order valence-electron chi connectivity index (χ2n) is 4.54. The molecule has 0 aliphatic carbocycles. The van der Waals surface area contributed by atoms with Crippen molar-refractivity contribution in [1.82, 2.24) is 5.32 Å². The zero-order chi connectivity index (χ0) is 15.3. The average Bonchev–Trinajstić information content (AvgIpc) is 2.32. The van der Waals surface area contributed by atoms with Gasteiger partial charge in [-0.15, -0.1) is 0 Å². The van der Waals surface area contributed by atoms with Crippen LogP contribution >= 0.6 is 0 Å². The van der Waals surface area contributed by atoms with Gasteiger partial charge in [-0.2, -0.15) is 0 Å². The topological polar surface area (TPSA) is 66.4 Å². The zero-order valence-corrected chi connectivity index (χ0v) is 11.1. The molecule has 0 aromatic heterocycles. The molecule has 0 heterocycles. The van der Waals surface area contributed by atoms with Crippen molar-refractivity contribution >= 4 is 11.9 Å². The van der Waals surface area contributed by atoms with Crippen LogP contribution in [0.3, 0.4) is 0 Å². The molecule has 0 bridgehead atoms. The van der Waals surface area contributed by atoms with Crippen LogP contribution < -0.4 is 5.32 Å². The highest BCUT2D eigenvalue weighted by molar-refractivity contribution is 5.96. The summed E-state index contributed by atoms with van der Waals surface area (Å²) in [6, 6.07) is 1.18. The van der Waals surface area contributed by atoms with E-state index in [0.29, 0.717) is 6.07 Å². The van der Waals surface area contributed by atoms with Crippen LogP contribution in [0, 0.1) is 11.6 Å². The number of carboxylic acid groups (broad SMARTS) is 1. The predicted octanol–water partition coefficient (Wildman–Crippen LogP) is 2.50. The molecule has 1 aromatic carbocycles. The molecule has 0 fully saturated rings. The Morgan fingerprint density at radius 1 is 1.25 bits per heavy atom. The third-order valence-electron chi connectivity index (χ3n) is 2.49. The molecule has 4 nitrogen and oxygen atoms in total. The van der Waals surface area contributed by atoms with Crippen molar-refractivity contribution in [2.45, 2.75) is 26.3 Å². The Morgan fingerprint density at radius 2 is 1.80 bits per heavy atom. The van der Waals surface area contributed by atoms with E-state index in [1.807, 2.05) is 0 Å². The van der Waals surface area contributed by atoms with E-state index in [2.05, 4.69) is 5.32 Å². The van der Waals surface area contributed by atoms with Gasteiger partial charge in [0.1, 0.15) is 17.7 Å². The van der Waals surface area contributed by atoms with Crippen LogP contribution in [0.5, 0.6) is 0 Å². The van der Waals surface area contributed by atoms with Crippen molar-refractivity contribution in [2.75, 3.05) is 0 Å². The van der Waals surface area contributed by atoms with E-state index >= 15 is 0 Å². The van der Waals surface area contributed by atoms with Crippen LogP contribution in [0.1, 0.15) is 30.6 Å². The van der Waals surface area contributed by atoms with Gasteiger partial charge < -0.3 is 10.4 Å². The molecule has 1 aromatic rings. The molecule has 0 aliphatic heterocycles. The maximum atomic E-state index is 13.0. The third kappa shape index (κ3) is 4.79. The minimum Gasteiger partial charge on any atom is -0.480 e. The number of carboxylic acids is 1. The van der Waals surface area contributed by atoms with E-state index in [9.17, 15) is 18.4 Å². The maximum absolute atomic E-state index is 13.0. The first-order valence-electron chi connectivity index (χ1n) is 5.92. The van der Waals surface area contributed by atoms with Crippen LogP contribution in [0.15, 0.2) is 29.8 Å². The van der Waals surface area contributed by atoms with Crippen LogP contribution in [-0.2, 0) is 4.79 Å². The minimum absolute atomic E-state index is 0.0984. The number of hydrogen-bond acceptors (Lipinski definition) is 2. The molecule has 0 spiro atoms. The molecule has 0 aliphatic rings. The summed E-state index contributed by atoms with van der Waals surface area (Å²) in [5.41, 5.74) is 0.647. The Hall–Kier alpha value is -2.24. The lowest BCUT2D eigenvalue weighted by atomic mass is 10.1. The number of hydrogen-bond donors (Lipinski definition) is 2. The summed E-state index contributed by atoms with van der Waals surface area (Å²) in [5, 5.41) is 11.2. The third-order valence-corrected chi connectivity index (χ3v) is 2.49. The maximum Gasteiger partial charge on any atom is 0.326 e. The highest BCUT2D eigenvalue weighted by atomic mass is 19.1. The fraction of sp³-hybridized carbons (Fsp3) is 0.286. The van der Waals surface area contributed by atoms with Gasteiger partial charge in [0.25, 0.3) is 5.91 Å². The second kappa shape index (κ2) is 6.79. The lowest BCUT2D eigenvalue weighted by Gasteiger charge is -2.13. The lowest BCUT2D eigenvalue weighted by molar-refractivity contribution is -0.139. The Labute approximate surface area is 115 Å². The number of carbonyl (C=O) groups excluding carboxylic acids is 1. The molecule has 0 radical (unpaired) electrons. The van der Waals surface area contributed by atoms with Crippen LogP contribution in [0.25, 0.3) is 0 Å². The van der Waals surface area contributed by atoms with E-state index in [0.717, 1.165) is 17.7 Å². The van der Waals surface area contributed by atoms with Gasteiger partial charge in [-0.1, -0.05) is 11.6 Å². The number of benzene rings is 1.